The molecule has 0 unspecified atom stereocenters. The number of nitrogens with two attached hydrogens (primary N) is 1. The van der Waals surface area contributed by atoms with Gasteiger partial charge < -0.3 is 11.1 Å². The van der Waals surface area contributed by atoms with Crippen LogP contribution < -0.4 is 11.1 Å². The summed E-state index contributed by atoms with van der Waals surface area (Å²) in [4.78, 5) is 0. The van der Waals surface area contributed by atoms with Crippen molar-refractivity contribution in [2.75, 3.05) is 11.1 Å². The van der Waals surface area contributed by atoms with Gasteiger partial charge in [0.05, 0.1) is 5.69 Å². The number of nitrogen functional groups attached to an aromatic ring is 1. The van der Waals surface area contributed by atoms with E-state index in [9.17, 15) is 4.39 Å². The molecule has 2 nitrogen and oxygen atoms in total. The Morgan fingerprint density at radius 3 is 2.71 bits per heavy atom. The van der Waals surface area contributed by atoms with Gasteiger partial charge in [0, 0.05) is 17.3 Å². The third kappa shape index (κ3) is 2.88. The number of hydrogen-bond donors (Lipinski definition) is 2. The predicted molar refractivity (Wildman–Crippen MR) is 69.6 cm³/mol. The summed E-state index contributed by atoms with van der Waals surface area (Å²) in [6.07, 6.45) is 0. The van der Waals surface area contributed by atoms with Crippen LogP contribution in [0.4, 0.5) is 15.8 Å². The molecule has 17 heavy (non-hydrogen) atoms. The summed E-state index contributed by atoms with van der Waals surface area (Å²) in [5, 5.41) is 3.47. The topological polar surface area (TPSA) is 38.0 Å². The second kappa shape index (κ2) is 5.06. The standard InChI is InChI=1S/C13H12ClFN2/c14-10-5-6-11(15)13(7-10)17-8-9-3-1-2-4-12(9)16/h1-7,17H,8,16H2. The molecule has 0 aliphatic carbocycles. The van der Waals surface area contributed by atoms with E-state index >= 15 is 0 Å². The molecule has 0 fully saturated rings. The van der Waals surface area contributed by atoms with Crippen molar-refractivity contribution in [3.63, 3.8) is 0 Å². The highest BCUT2D eigenvalue weighted by atomic mass is 35.5. The van der Waals surface area contributed by atoms with Gasteiger partial charge in [-0.05, 0) is 29.8 Å². The van der Waals surface area contributed by atoms with Crippen molar-refractivity contribution in [3.05, 3.63) is 58.9 Å². The van der Waals surface area contributed by atoms with Crippen molar-refractivity contribution < 1.29 is 4.39 Å². The van der Waals surface area contributed by atoms with Gasteiger partial charge in [0.1, 0.15) is 5.82 Å². The van der Waals surface area contributed by atoms with Crippen LogP contribution in [-0.4, -0.2) is 0 Å². The highest BCUT2D eigenvalue weighted by molar-refractivity contribution is 6.30. The molecule has 0 saturated heterocycles. The number of halogens is 2. The third-order valence-corrected chi connectivity index (χ3v) is 2.69. The van der Waals surface area contributed by atoms with Gasteiger partial charge in [-0.2, -0.15) is 0 Å². The van der Waals surface area contributed by atoms with E-state index in [1.165, 1.54) is 12.1 Å². The van der Waals surface area contributed by atoms with Crippen LogP contribution >= 0.6 is 11.6 Å². The highest BCUT2D eigenvalue weighted by Crippen LogP contribution is 2.21. The quantitative estimate of drug-likeness (QED) is 0.816. The van der Waals surface area contributed by atoms with Crippen LogP contribution in [0.5, 0.6) is 0 Å². The highest BCUT2D eigenvalue weighted by Gasteiger charge is 2.03. The zero-order chi connectivity index (χ0) is 12.3. The van der Waals surface area contributed by atoms with Gasteiger partial charge in [0.25, 0.3) is 0 Å². The molecule has 88 valence electrons. The molecule has 0 heterocycles. The Bertz CT molecular complexity index is 529. The van der Waals surface area contributed by atoms with Gasteiger partial charge in [-0.3, -0.25) is 0 Å². The fourth-order valence-corrected chi connectivity index (χ4v) is 1.69. The second-order valence-corrected chi connectivity index (χ2v) is 4.11. The van der Waals surface area contributed by atoms with Crippen molar-refractivity contribution in [2.24, 2.45) is 0 Å². The first-order valence-corrected chi connectivity index (χ1v) is 5.57. The lowest BCUT2D eigenvalue weighted by molar-refractivity contribution is 0.630. The summed E-state index contributed by atoms with van der Waals surface area (Å²) < 4.78 is 13.4. The number of benzene rings is 2. The smallest absolute Gasteiger partial charge is 0.146 e. The molecule has 2 rings (SSSR count). The van der Waals surface area contributed by atoms with Gasteiger partial charge in [0.2, 0.25) is 0 Å². The first-order valence-electron chi connectivity index (χ1n) is 5.19. The summed E-state index contributed by atoms with van der Waals surface area (Å²) in [5.41, 5.74) is 7.77. The second-order valence-electron chi connectivity index (χ2n) is 3.68. The Labute approximate surface area is 104 Å². The van der Waals surface area contributed by atoms with Crippen molar-refractivity contribution >= 4 is 23.0 Å². The Morgan fingerprint density at radius 1 is 1.18 bits per heavy atom. The summed E-state index contributed by atoms with van der Waals surface area (Å²) in [7, 11) is 0. The Kier molecular flexibility index (Phi) is 3.49. The minimum absolute atomic E-state index is 0.330. The van der Waals surface area contributed by atoms with Crippen LogP contribution in [0.3, 0.4) is 0 Å². The number of anilines is 2. The largest absolute Gasteiger partial charge is 0.398 e. The first kappa shape index (κ1) is 11.7. The van der Waals surface area contributed by atoms with Gasteiger partial charge in [-0.15, -0.1) is 0 Å². The normalized spacial score (nSPS) is 10.2. The van der Waals surface area contributed by atoms with Crippen LogP contribution in [0.15, 0.2) is 42.5 Å². The molecule has 0 amide bonds. The van der Waals surface area contributed by atoms with E-state index in [2.05, 4.69) is 5.32 Å². The summed E-state index contributed by atoms with van der Waals surface area (Å²) in [6, 6.07) is 11.9. The molecule has 0 radical (unpaired) electrons. The maximum atomic E-state index is 13.4. The molecule has 0 bridgehead atoms. The van der Waals surface area contributed by atoms with Crippen molar-refractivity contribution in [1.29, 1.82) is 0 Å². The third-order valence-electron chi connectivity index (χ3n) is 2.45. The predicted octanol–water partition coefficient (Wildman–Crippen LogP) is 3.67. The molecule has 4 heteroatoms. The van der Waals surface area contributed by atoms with Gasteiger partial charge >= 0.3 is 0 Å². The maximum absolute atomic E-state index is 13.4. The molecule has 2 aromatic rings. The molecule has 0 aliphatic rings. The van der Waals surface area contributed by atoms with E-state index in [1.54, 1.807) is 6.07 Å². The molecule has 0 aromatic heterocycles. The van der Waals surface area contributed by atoms with Gasteiger partial charge in [-0.25, -0.2) is 4.39 Å². The fraction of sp³-hybridized carbons (Fsp3) is 0.0769. The molecule has 0 spiro atoms. The monoisotopic (exact) mass is 250 g/mol. The van der Waals surface area contributed by atoms with Crippen LogP contribution in [0.25, 0.3) is 0 Å². The van der Waals surface area contributed by atoms with E-state index in [1.807, 2.05) is 24.3 Å². The number of rotatable bonds is 3. The number of hydrogen-bond acceptors (Lipinski definition) is 2. The summed E-state index contributed by atoms with van der Waals surface area (Å²) in [5.74, 6) is -0.330. The lowest BCUT2D eigenvalue weighted by Gasteiger charge is -2.09. The van der Waals surface area contributed by atoms with Crippen molar-refractivity contribution in [3.8, 4) is 0 Å². The Morgan fingerprint density at radius 2 is 1.94 bits per heavy atom. The fourth-order valence-electron chi connectivity index (χ4n) is 1.52. The van der Waals surface area contributed by atoms with Gasteiger partial charge in [-0.1, -0.05) is 29.8 Å². The SMILES string of the molecule is Nc1ccccc1CNc1cc(Cl)ccc1F. The average molecular weight is 251 g/mol. The van der Waals surface area contributed by atoms with Crippen LogP contribution in [-0.2, 0) is 6.54 Å². The molecular weight excluding hydrogens is 239 g/mol. The molecule has 3 N–H and O–H groups in total. The maximum Gasteiger partial charge on any atom is 0.146 e. The van der Waals surface area contributed by atoms with Crippen molar-refractivity contribution in [1.82, 2.24) is 0 Å². The molecule has 0 saturated carbocycles. The van der Waals surface area contributed by atoms with Crippen molar-refractivity contribution in [2.45, 2.75) is 6.54 Å². The number of nitrogens with one attached hydrogen (secondary N) is 1. The first-order chi connectivity index (χ1) is 8.16. The lowest BCUT2D eigenvalue weighted by atomic mass is 10.2. The minimum atomic E-state index is -0.330. The minimum Gasteiger partial charge on any atom is -0.398 e. The van der Waals surface area contributed by atoms with E-state index in [4.69, 9.17) is 17.3 Å². The number of para-hydroxylation sites is 1. The molecule has 0 aliphatic heterocycles. The molecule has 0 atom stereocenters. The van der Waals surface area contributed by atoms with E-state index < -0.39 is 0 Å². The summed E-state index contributed by atoms with van der Waals surface area (Å²) in [6.45, 7) is 0.462. The molecular formula is C13H12ClFN2. The van der Waals surface area contributed by atoms with Crippen LogP contribution in [0, 0.1) is 5.82 Å². The van der Waals surface area contributed by atoms with E-state index in [-0.39, 0.29) is 5.82 Å². The molecule has 2 aromatic carbocycles. The zero-order valence-electron chi connectivity index (χ0n) is 9.08. The van der Waals surface area contributed by atoms with Gasteiger partial charge in [0.15, 0.2) is 0 Å². The lowest BCUT2D eigenvalue weighted by Crippen LogP contribution is -2.04. The zero-order valence-corrected chi connectivity index (χ0v) is 9.84. The average Bonchev–Trinajstić information content (AvgIpc) is 2.32. The van der Waals surface area contributed by atoms with Crippen LogP contribution in [0.1, 0.15) is 5.56 Å². The Balaban J connectivity index is 2.12. The van der Waals surface area contributed by atoms with Crippen LogP contribution in [0.2, 0.25) is 5.02 Å². The van der Waals surface area contributed by atoms with E-state index in [0.29, 0.717) is 22.9 Å². The summed E-state index contributed by atoms with van der Waals surface area (Å²) >= 11 is 5.80. The van der Waals surface area contributed by atoms with E-state index in [0.717, 1.165) is 5.56 Å². The Hall–Kier alpha value is -1.74.